The molecule has 6 heteroatoms. The number of carboxylic acid groups (broad SMARTS) is 1. The highest BCUT2D eigenvalue weighted by Gasteiger charge is 2.30. The lowest BCUT2D eigenvalue weighted by Crippen LogP contribution is -2.43. The number of carbonyl (C=O) groups is 1. The molecule has 2 aromatic rings. The molecule has 0 aliphatic carbocycles. The van der Waals surface area contributed by atoms with Gasteiger partial charge in [-0.2, -0.15) is 0 Å². The number of likely N-dealkylation sites (tertiary alicyclic amines) is 1. The molecule has 112 valence electrons. The van der Waals surface area contributed by atoms with E-state index in [0.717, 1.165) is 11.6 Å². The molecule has 0 radical (unpaired) electrons. The minimum atomic E-state index is -0.909. The lowest BCUT2D eigenvalue weighted by atomic mass is 9.86. The number of H-pyrrole nitrogens is 1. The van der Waals surface area contributed by atoms with Crippen LogP contribution in [0.5, 0.6) is 0 Å². The van der Waals surface area contributed by atoms with Crippen molar-refractivity contribution in [2.45, 2.75) is 31.7 Å². The van der Waals surface area contributed by atoms with Crippen LogP contribution < -0.4 is 0 Å². The van der Waals surface area contributed by atoms with Gasteiger partial charge in [0.2, 0.25) is 0 Å². The average Bonchev–Trinajstić information content (AvgIpc) is 2.87. The molecule has 21 heavy (non-hydrogen) atoms. The molecular formula is C15H16F2N2O2. The summed E-state index contributed by atoms with van der Waals surface area (Å²) in [5, 5.41) is 9.77. The van der Waals surface area contributed by atoms with E-state index in [9.17, 15) is 13.6 Å². The predicted octanol–water partition coefficient (Wildman–Crippen LogP) is 3.69. The number of hydrogen-bond donors (Lipinski definition) is 2. The van der Waals surface area contributed by atoms with Gasteiger partial charge in [-0.15, -0.1) is 0 Å². The van der Waals surface area contributed by atoms with Crippen molar-refractivity contribution in [1.29, 1.82) is 0 Å². The molecule has 2 N–H and O–H groups in total. The summed E-state index contributed by atoms with van der Waals surface area (Å²) in [6.45, 7) is 2.33. The fraction of sp³-hybridized carbons (Fsp3) is 0.400. The minimum absolute atomic E-state index is 0.0866. The lowest BCUT2D eigenvalue weighted by Gasteiger charge is -2.35. The van der Waals surface area contributed by atoms with Gasteiger partial charge >= 0.3 is 6.09 Å². The van der Waals surface area contributed by atoms with E-state index < -0.39 is 17.7 Å². The number of amides is 1. The SMILES string of the molecule is C[C@H]1C[C@H](c2c[nH]c3c(F)c(F)ccc23)CCN1C(=O)O. The Labute approximate surface area is 120 Å². The van der Waals surface area contributed by atoms with Gasteiger partial charge in [0.25, 0.3) is 0 Å². The summed E-state index contributed by atoms with van der Waals surface area (Å²) in [4.78, 5) is 15.3. The largest absolute Gasteiger partial charge is 0.465 e. The molecule has 0 bridgehead atoms. The number of hydrogen-bond acceptors (Lipinski definition) is 1. The lowest BCUT2D eigenvalue weighted by molar-refractivity contribution is 0.107. The normalized spacial score (nSPS) is 22.7. The Morgan fingerprint density at radius 3 is 2.86 bits per heavy atom. The molecule has 1 aromatic carbocycles. The molecule has 1 aliphatic heterocycles. The number of halogens is 2. The second-order valence-electron chi connectivity index (χ2n) is 5.57. The summed E-state index contributed by atoms with van der Waals surface area (Å²) in [5.74, 6) is -1.59. The predicted molar refractivity (Wildman–Crippen MR) is 74.4 cm³/mol. The van der Waals surface area contributed by atoms with E-state index in [2.05, 4.69) is 4.98 Å². The zero-order valence-electron chi connectivity index (χ0n) is 11.6. The van der Waals surface area contributed by atoms with Crippen LogP contribution in [0, 0.1) is 11.6 Å². The molecule has 1 fully saturated rings. The first-order valence-electron chi connectivity index (χ1n) is 6.93. The molecule has 2 heterocycles. The van der Waals surface area contributed by atoms with Crippen molar-refractivity contribution in [3.63, 3.8) is 0 Å². The van der Waals surface area contributed by atoms with Gasteiger partial charge in [0, 0.05) is 24.2 Å². The van der Waals surface area contributed by atoms with Crippen LogP contribution in [0.4, 0.5) is 13.6 Å². The summed E-state index contributed by atoms with van der Waals surface area (Å²) in [7, 11) is 0. The Balaban J connectivity index is 1.92. The molecule has 1 amide bonds. The third kappa shape index (κ3) is 2.24. The monoisotopic (exact) mass is 294 g/mol. The van der Waals surface area contributed by atoms with Crippen molar-refractivity contribution in [2.75, 3.05) is 6.54 Å². The standard InChI is InChI=1S/C15H16F2N2O2/c1-8-6-9(4-5-19(8)15(20)21)11-7-18-14-10(11)2-3-12(16)13(14)17/h2-3,7-9,18H,4-6H2,1H3,(H,20,21)/t8-,9+/m0/s1. The van der Waals surface area contributed by atoms with Gasteiger partial charge in [-0.1, -0.05) is 0 Å². The van der Waals surface area contributed by atoms with Gasteiger partial charge in [-0.25, -0.2) is 13.6 Å². The third-order valence-corrected chi connectivity index (χ3v) is 4.34. The highest BCUT2D eigenvalue weighted by molar-refractivity contribution is 5.84. The van der Waals surface area contributed by atoms with E-state index in [1.165, 1.54) is 4.90 Å². The number of rotatable bonds is 1. The van der Waals surface area contributed by atoms with E-state index >= 15 is 0 Å². The molecular weight excluding hydrogens is 278 g/mol. The maximum atomic E-state index is 13.7. The summed E-state index contributed by atoms with van der Waals surface area (Å²) in [6, 6.07) is 2.62. The van der Waals surface area contributed by atoms with Crippen LogP contribution in [0.3, 0.4) is 0 Å². The average molecular weight is 294 g/mol. The molecule has 4 nitrogen and oxygen atoms in total. The molecule has 0 unspecified atom stereocenters. The molecule has 1 saturated heterocycles. The zero-order chi connectivity index (χ0) is 15.1. The first kappa shape index (κ1) is 13.9. The highest BCUT2D eigenvalue weighted by atomic mass is 19.2. The second-order valence-corrected chi connectivity index (χ2v) is 5.57. The molecule has 1 aromatic heterocycles. The Kier molecular flexibility index (Phi) is 3.31. The Morgan fingerprint density at radius 1 is 1.43 bits per heavy atom. The maximum Gasteiger partial charge on any atom is 0.407 e. The number of aromatic nitrogens is 1. The second kappa shape index (κ2) is 5.02. The van der Waals surface area contributed by atoms with Crippen LogP contribution in [0.15, 0.2) is 18.3 Å². The zero-order valence-corrected chi connectivity index (χ0v) is 11.6. The van der Waals surface area contributed by atoms with Crippen LogP contribution in [0.25, 0.3) is 10.9 Å². The molecule has 0 spiro atoms. The first-order chi connectivity index (χ1) is 9.99. The first-order valence-corrected chi connectivity index (χ1v) is 6.93. The Bertz CT molecular complexity index is 698. The molecule has 3 rings (SSSR count). The van der Waals surface area contributed by atoms with Gasteiger partial charge in [0.05, 0.1) is 5.52 Å². The fourth-order valence-corrected chi connectivity index (χ4v) is 3.24. The summed E-state index contributed by atoms with van der Waals surface area (Å²) < 4.78 is 27.0. The van der Waals surface area contributed by atoms with Gasteiger partial charge < -0.3 is 15.0 Å². The van der Waals surface area contributed by atoms with E-state index in [1.807, 2.05) is 6.92 Å². The van der Waals surface area contributed by atoms with E-state index in [1.54, 1.807) is 12.3 Å². The van der Waals surface area contributed by atoms with Crippen LogP contribution in [-0.2, 0) is 0 Å². The summed E-state index contributed by atoms with van der Waals surface area (Å²) >= 11 is 0. The van der Waals surface area contributed by atoms with Crippen LogP contribution in [0.1, 0.15) is 31.2 Å². The maximum absolute atomic E-state index is 13.7. The molecule has 1 aliphatic rings. The van der Waals surface area contributed by atoms with Crippen molar-refractivity contribution in [3.8, 4) is 0 Å². The summed E-state index contributed by atoms with van der Waals surface area (Å²) in [6.07, 6.45) is 2.16. The van der Waals surface area contributed by atoms with E-state index in [-0.39, 0.29) is 17.5 Å². The van der Waals surface area contributed by atoms with E-state index in [4.69, 9.17) is 5.11 Å². The van der Waals surface area contributed by atoms with Crippen molar-refractivity contribution in [3.05, 3.63) is 35.5 Å². The number of nitrogens with one attached hydrogen (secondary N) is 1. The van der Waals surface area contributed by atoms with Crippen molar-refractivity contribution in [2.24, 2.45) is 0 Å². The van der Waals surface area contributed by atoms with Crippen molar-refractivity contribution >= 4 is 17.0 Å². The number of benzene rings is 1. The number of fused-ring (bicyclic) bond motifs is 1. The minimum Gasteiger partial charge on any atom is -0.465 e. The van der Waals surface area contributed by atoms with E-state index in [0.29, 0.717) is 24.8 Å². The van der Waals surface area contributed by atoms with Crippen molar-refractivity contribution in [1.82, 2.24) is 9.88 Å². The fourth-order valence-electron chi connectivity index (χ4n) is 3.24. The highest BCUT2D eigenvalue weighted by Crippen LogP contribution is 2.36. The quantitative estimate of drug-likeness (QED) is 0.842. The smallest absolute Gasteiger partial charge is 0.407 e. The van der Waals surface area contributed by atoms with Gasteiger partial charge in [-0.3, -0.25) is 0 Å². The van der Waals surface area contributed by atoms with Crippen molar-refractivity contribution < 1.29 is 18.7 Å². The van der Waals surface area contributed by atoms with Gasteiger partial charge in [0.15, 0.2) is 11.6 Å². The third-order valence-electron chi connectivity index (χ3n) is 4.34. The Morgan fingerprint density at radius 2 is 2.19 bits per heavy atom. The van der Waals surface area contributed by atoms with Crippen LogP contribution in [-0.4, -0.2) is 33.7 Å². The van der Waals surface area contributed by atoms with Crippen LogP contribution in [0.2, 0.25) is 0 Å². The number of aromatic amines is 1. The van der Waals surface area contributed by atoms with Gasteiger partial charge in [-0.05, 0) is 43.4 Å². The molecule has 0 saturated carbocycles. The Hall–Kier alpha value is -2.11. The molecule has 2 atom stereocenters. The topological polar surface area (TPSA) is 56.3 Å². The summed E-state index contributed by atoms with van der Waals surface area (Å²) in [5.41, 5.74) is 1.11. The van der Waals surface area contributed by atoms with Gasteiger partial charge in [0.1, 0.15) is 0 Å². The number of piperidine rings is 1. The number of nitrogens with zero attached hydrogens (tertiary/aromatic N) is 1. The van der Waals surface area contributed by atoms with Crippen LogP contribution >= 0.6 is 0 Å².